The van der Waals surface area contributed by atoms with E-state index in [1.54, 1.807) is 12.1 Å². The number of nitrogens with zero attached hydrogens (tertiary/aromatic N) is 2. The number of hydrogen-bond donors (Lipinski definition) is 1. The number of amides is 1. The summed E-state index contributed by atoms with van der Waals surface area (Å²) in [6.45, 7) is 2.52. The molecule has 0 bridgehead atoms. The molecule has 0 saturated carbocycles. The maximum absolute atomic E-state index is 11.5. The van der Waals surface area contributed by atoms with Gasteiger partial charge in [0.1, 0.15) is 6.29 Å². The maximum atomic E-state index is 11.5. The minimum Gasteiger partial charge on any atom is -0.349 e. The number of carbonyl (C=O) groups is 2. The summed E-state index contributed by atoms with van der Waals surface area (Å²) in [6.07, 6.45) is 0.931. The first-order chi connectivity index (χ1) is 9.93. The van der Waals surface area contributed by atoms with E-state index in [2.05, 4.69) is 5.32 Å². The number of nitro benzene ring substituents is 1. The van der Waals surface area contributed by atoms with Crippen molar-refractivity contribution in [2.75, 3.05) is 13.6 Å². The zero-order valence-corrected chi connectivity index (χ0v) is 12.1. The molecular weight excluding hydrogens is 274 g/mol. The number of non-ortho nitro benzene ring substituents is 1. The molecule has 1 unspecified atom stereocenters. The first kappa shape index (κ1) is 16.8. The number of rotatable bonds is 8. The van der Waals surface area contributed by atoms with Crippen LogP contribution in [0.25, 0.3) is 0 Å². The fourth-order valence-corrected chi connectivity index (χ4v) is 1.82. The summed E-state index contributed by atoms with van der Waals surface area (Å²) in [7, 11) is 1.87. The average Bonchev–Trinajstić information content (AvgIpc) is 2.45. The SMILES string of the molecule is CC(CC(=O)NCC=O)N(C)Cc1ccc([N+](=O)[O-])cc1. The number of benzene rings is 1. The molecule has 0 aliphatic heterocycles. The number of nitrogens with one attached hydrogen (secondary N) is 1. The second-order valence-corrected chi connectivity index (χ2v) is 4.86. The minimum atomic E-state index is -0.437. The van der Waals surface area contributed by atoms with Crippen LogP contribution in [0.1, 0.15) is 18.9 Å². The van der Waals surface area contributed by atoms with Crippen molar-refractivity contribution in [2.24, 2.45) is 0 Å². The lowest BCUT2D eigenvalue weighted by Crippen LogP contribution is -2.35. The van der Waals surface area contributed by atoms with E-state index >= 15 is 0 Å². The first-order valence-electron chi connectivity index (χ1n) is 6.58. The summed E-state index contributed by atoms with van der Waals surface area (Å²) >= 11 is 0. The van der Waals surface area contributed by atoms with Crippen molar-refractivity contribution in [3.63, 3.8) is 0 Å². The second-order valence-electron chi connectivity index (χ2n) is 4.86. The smallest absolute Gasteiger partial charge is 0.269 e. The molecule has 114 valence electrons. The van der Waals surface area contributed by atoms with Crippen molar-refractivity contribution >= 4 is 17.9 Å². The topological polar surface area (TPSA) is 92.6 Å². The Morgan fingerprint density at radius 3 is 2.57 bits per heavy atom. The van der Waals surface area contributed by atoms with Gasteiger partial charge in [-0.1, -0.05) is 12.1 Å². The van der Waals surface area contributed by atoms with Crippen LogP contribution in [-0.4, -0.2) is 41.7 Å². The molecule has 0 fully saturated rings. The predicted molar refractivity (Wildman–Crippen MR) is 77.7 cm³/mol. The molecule has 21 heavy (non-hydrogen) atoms. The third-order valence-electron chi connectivity index (χ3n) is 3.19. The minimum absolute atomic E-state index is 0.00755. The van der Waals surface area contributed by atoms with Gasteiger partial charge in [0.25, 0.3) is 5.69 Å². The van der Waals surface area contributed by atoms with Gasteiger partial charge < -0.3 is 10.1 Å². The molecular formula is C14H19N3O4. The number of nitro groups is 1. The summed E-state index contributed by atoms with van der Waals surface area (Å²) in [5.74, 6) is -0.176. The summed E-state index contributed by atoms with van der Waals surface area (Å²) in [4.78, 5) is 33.8. The van der Waals surface area contributed by atoms with Gasteiger partial charge in [0.15, 0.2) is 0 Å². The highest BCUT2D eigenvalue weighted by molar-refractivity contribution is 5.78. The lowest BCUT2D eigenvalue weighted by Gasteiger charge is -2.24. The Hall–Kier alpha value is -2.28. The Morgan fingerprint density at radius 2 is 2.05 bits per heavy atom. The van der Waals surface area contributed by atoms with Gasteiger partial charge in [0.05, 0.1) is 11.5 Å². The van der Waals surface area contributed by atoms with Gasteiger partial charge >= 0.3 is 0 Å². The molecule has 7 nitrogen and oxygen atoms in total. The summed E-state index contributed by atoms with van der Waals surface area (Å²) in [5, 5.41) is 13.1. The maximum Gasteiger partial charge on any atom is 0.269 e. The molecule has 0 saturated heterocycles. The first-order valence-corrected chi connectivity index (χ1v) is 6.58. The highest BCUT2D eigenvalue weighted by atomic mass is 16.6. The second kappa shape index (κ2) is 8.11. The Balaban J connectivity index is 2.51. The van der Waals surface area contributed by atoms with E-state index in [1.807, 2.05) is 18.9 Å². The van der Waals surface area contributed by atoms with Gasteiger partial charge in [-0.05, 0) is 19.5 Å². The molecule has 7 heteroatoms. The Bertz CT molecular complexity index is 501. The summed E-state index contributed by atoms with van der Waals surface area (Å²) in [5.41, 5.74) is 0.992. The van der Waals surface area contributed by atoms with Crippen LogP contribution in [0.4, 0.5) is 5.69 Å². The zero-order chi connectivity index (χ0) is 15.8. The Labute approximate surface area is 123 Å². The van der Waals surface area contributed by atoms with Crippen LogP contribution in [-0.2, 0) is 16.1 Å². The van der Waals surface area contributed by atoms with Crippen LogP contribution >= 0.6 is 0 Å². The van der Waals surface area contributed by atoms with Crippen molar-refractivity contribution in [1.82, 2.24) is 10.2 Å². The average molecular weight is 293 g/mol. The lowest BCUT2D eigenvalue weighted by atomic mass is 10.1. The predicted octanol–water partition coefficient (Wildman–Crippen LogP) is 1.12. The number of carbonyl (C=O) groups excluding carboxylic acids is 2. The van der Waals surface area contributed by atoms with Crippen molar-refractivity contribution in [1.29, 1.82) is 0 Å². The standard InChI is InChI=1S/C14H19N3O4/c1-11(9-14(19)15-7-8-18)16(2)10-12-3-5-13(6-4-12)17(20)21/h3-6,8,11H,7,9-10H2,1-2H3,(H,15,19). The van der Waals surface area contributed by atoms with Gasteiger partial charge in [-0.3, -0.25) is 19.8 Å². The molecule has 0 radical (unpaired) electrons. The van der Waals surface area contributed by atoms with Gasteiger partial charge in [-0.15, -0.1) is 0 Å². The highest BCUT2D eigenvalue weighted by Gasteiger charge is 2.14. The zero-order valence-electron chi connectivity index (χ0n) is 12.1. The molecule has 1 amide bonds. The third-order valence-corrected chi connectivity index (χ3v) is 3.19. The lowest BCUT2D eigenvalue weighted by molar-refractivity contribution is -0.384. The van der Waals surface area contributed by atoms with Crippen LogP contribution in [0.5, 0.6) is 0 Å². The van der Waals surface area contributed by atoms with E-state index in [4.69, 9.17) is 0 Å². The van der Waals surface area contributed by atoms with E-state index in [-0.39, 0.29) is 30.6 Å². The van der Waals surface area contributed by atoms with E-state index in [0.29, 0.717) is 12.8 Å². The van der Waals surface area contributed by atoms with Crippen LogP contribution in [0, 0.1) is 10.1 Å². The normalized spacial score (nSPS) is 12.0. The molecule has 1 N–H and O–H groups in total. The molecule has 1 aromatic carbocycles. The highest BCUT2D eigenvalue weighted by Crippen LogP contribution is 2.14. The van der Waals surface area contributed by atoms with Crippen LogP contribution in [0.15, 0.2) is 24.3 Å². The Kier molecular flexibility index (Phi) is 6.48. The molecule has 1 atom stereocenters. The molecule has 0 aliphatic carbocycles. The fourth-order valence-electron chi connectivity index (χ4n) is 1.82. The van der Waals surface area contributed by atoms with E-state index in [0.717, 1.165) is 5.56 Å². The van der Waals surface area contributed by atoms with E-state index in [1.165, 1.54) is 12.1 Å². The van der Waals surface area contributed by atoms with Crippen LogP contribution in [0.2, 0.25) is 0 Å². The Morgan fingerprint density at radius 1 is 1.43 bits per heavy atom. The molecule has 0 aliphatic rings. The third kappa shape index (κ3) is 5.70. The van der Waals surface area contributed by atoms with Crippen LogP contribution in [0.3, 0.4) is 0 Å². The molecule has 1 aromatic rings. The van der Waals surface area contributed by atoms with Crippen molar-refractivity contribution in [2.45, 2.75) is 25.9 Å². The van der Waals surface area contributed by atoms with E-state index < -0.39 is 4.92 Å². The monoisotopic (exact) mass is 293 g/mol. The summed E-state index contributed by atoms with van der Waals surface area (Å²) in [6, 6.07) is 6.32. The number of hydrogen-bond acceptors (Lipinski definition) is 5. The largest absolute Gasteiger partial charge is 0.349 e. The van der Waals surface area contributed by atoms with Crippen molar-refractivity contribution in [3.8, 4) is 0 Å². The molecule has 1 rings (SSSR count). The fraction of sp³-hybridized carbons (Fsp3) is 0.429. The van der Waals surface area contributed by atoms with E-state index in [9.17, 15) is 19.7 Å². The van der Waals surface area contributed by atoms with Crippen LogP contribution < -0.4 is 5.32 Å². The van der Waals surface area contributed by atoms with Crippen molar-refractivity contribution in [3.05, 3.63) is 39.9 Å². The number of aldehydes is 1. The van der Waals surface area contributed by atoms with Gasteiger partial charge in [0, 0.05) is 31.1 Å². The van der Waals surface area contributed by atoms with Gasteiger partial charge in [-0.2, -0.15) is 0 Å². The quantitative estimate of drug-likeness (QED) is 0.440. The van der Waals surface area contributed by atoms with Gasteiger partial charge in [0.2, 0.25) is 5.91 Å². The molecule has 0 heterocycles. The molecule has 0 spiro atoms. The van der Waals surface area contributed by atoms with Crippen molar-refractivity contribution < 1.29 is 14.5 Å². The van der Waals surface area contributed by atoms with Gasteiger partial charge in [-0.25, -0.2) is 0 Å². The molecule has 0 aromatic heterocycles. The summed E-state index contributed by atoms with van der Waals surface area (Å²) < 4.78 is 0.